The Bertz CT molecular complexity index is 1160. The fraction of sp³-hybridized carbons (Fsp3) is 0.0769. The molecule has 0 bridgehead atoms. The van der Waals surface area contributed by atoms with Gasteiger partial charge in [0, 0.05) is 12.1 Å². The van der Waals surface area contributed by atoms with Crippen molar-refractivity contribution < 1.29 is 32.9 Å². The molecule has 0 aromatic heterocycles. The van der Waals surface area contributed by atoms with Gasteiger partial charge in [-0.2, -0.15) is 13.2 Å². The van der Waals surface area contributed by atoms with E-state index < -0.39 is 75.1 Å². The number of hydrogen-bond donors (Lipinski definition) is 1. The molecule has 18 heteroatoms. The van der Waals surface area contributed by atoms with Crippen molar-refractivity contribution in [2.75, 3.05) is 5.32 Å². The maximum Gasteiger partial charge on any atom is 0.418 e. The smallest absolute Gasteiger partial charge is 0.338 e. The lowest BCUT2D eigenvalue weighted by molar-refractivity contribution is -0.393. The van der Waals surface area contributed by atoms with Crippen LogP contribution in [0, 0.1) is 40.5 Å². The Morgan fingerprint density at radius 1 is 0.839 bits per heavy atom. The summed E-state index contributed by atoms with van der Waals surface area (Å²) in [5.41, 5.74) is -8.70. The molecule has 2 aromatic carbocycles. The summed E-state index contributed by atoms with van der Waals surface area (Å²) in [5.74, 6) is 0. The number of nitro groups is 4. The van der Waals surface area contributed by atoms with Gasteiger partial charge in [-0.3, -0.25) is 40.5 Å². The summed E-state index contributed by atoms with van der Waals surface area (Å²) in [5, 5.41) is 45.4. The van der Waals surface area contributed by atoms with E-state index in [9.17, 15) is 53.6 Å². The quantitative estimate of drug-likeness (QED) is 0.372. The number of halogens is 5. The van der Waals surface area contributed by atoms with Crippen molar-refractivity contribution in [2.45, 2.75) is 6.18 Å². The fourth-order valence-electron chi connectivity index (χ4n) is 2.35. The van der Waals surface area contributed by atoms with Gasteiger partial charge in [0.05, 0.1) is 35.8 Å². The van der Waals surface area contributed by atoms with Gasteiger partial charge in [0.15, 0.2) is 5.69 Å². The molecule has 0 aliphatic heterocycles. The second-order valence-electron chi connectivity index (χ2n) is 5.45. The molecular formula is C13H4BrClF3N5O8. The maximum absolute atomic E-state index is 13.1. The van der Waals surface area contributed by atoms with Crippen LogP contribution >= 0.6 is 27.5 Å². The van der Waals surface area contributed by atoms with Gasteiger partial charge in [-0.25, -0.2) is 0 Å². The summed E-state index contributed by atoms with van der Waals surface area (Å²) in [7, 11) is 0. The van der Waals surface area contributed by atoms with Gasteiger partial charge in [0.1, 0.15) is 10.7 Å². The molecule has 0 fully saturated rings. The summed E-state index contributed by atoms with van der Waals surface area (Å²) >= 11 is 8.24. The highest BCUT2D eigenvalue weighted by molar-refractivity contribution is 9.10. The third-order valence-corrected chi connectivity index (χ3v) is 4.62. The standard InChI is InChI=1S/C13H4BrClF3N5O8/c14-6-1-4(20(24)25)2-7(21(26)27)10(6)19-11-8(22(28)29)3-5(13(16,17)18)9(15)12(11)23(30)31/h1-3,19H. The van der Waals surface area contributed by atoms with Crippen LogP contribution in [0.5, 0.6) is 0 Å². The SMILES string of the molecule is O=[N+]([O-])c1cc(Br)c(Nc2c([N+](=O)[O-])cc(C(F)(F)F)c(Cl)c2[N+](=O)[O-])c([N+](=O)[O-])c1. The van der Waals surface area contributed by atoms with E-state index in [1.165, 1.54) is 0 Å². The molecule has 31 heavy (non-hydrogen) atoms. The molecule has 0 amide bonds. The predicted octanol–water partition coefficient (Wildman–Crippen LogP) is 5.50. The molecule has 0 aliphatic carbocycles. The second-order valence-corrected chi connectivity index (χ2v) is 6.69. The lowest BCUT2D eigenvalue weighted by atomic mass is 10.1. The van der Waals surface area contributed by atoms with Crippen molar-refractivity contribution in [1.82, 2.24) is 0 Å². The summed E-state index contributed by atoms with van der Waals surface area (Å²) in [6.07, 6.45) is -5.30. The first-order chi connectivity index (χ1) is 14.2. The summed E-state index contributed by atoms with van der Waals surface area (Å²) in [4.78, 5) is 39.9. The molecule has 2 rings (SSSR count). The van der Waals surface area contributed by atoms with Crippen LogP contribution in [0.4, 0.5) is 47.3 Å². The van der Waals surface area contributed by atoms with E-state index in [1.54, 1.807) is 0 Å². The Balaban J connectivity index is 2.91. The molecule has 0 saturated carbocycles. The Hall–Kier alpha value is -3.60. The molecule has 164 valence electrons. The van der Waals surface area contributed by atoms with Crippen LogP contribution < -0.4 is 5.32 Å². The maximum atomic E-state index is 13.1. The van der Waals surface area contributed by atoms with Crippen molar-refractivity contribution in [3.05, 3.63) is 73.7 Å². The van der Waals surface area contributed by atoms with Crippen LogP contribution in [0.3, 0.4) is 0 Å². The highest BCUT2D eigenvalue weighted by Gasteiger charge is 2.42. The van der Waals surface area contributed by atoms with Gasteiger partial charge < -0.3 is 5.32 Å². The second kappa shape index (κ2) is 8.26. The van der Waals surface area contributed by atoms with Crippen molar-refractivity contribution in [2.24, 2.45) is 0 Å². The summed E-state index contributed by atoms with van der Waals surface area (Å²) in [6.45, 7) is 0. The Morgan fingerprint density at radius 3 is 1.77 bits per heavy atom. The monoisotopic (exact) mass is 529 g/mol. The normalized spacial score (nSPS) is 11.1. The number of hydrogen-bond acceptors (Lipinski definition) is 9. The number of benzene rings is 2. The molecule has 2 aromatic rings. The van der Waals surface area contributed by atoms with Crippen molar-refractivity contribution in [3.63, 3.8) is 0 Å². The van der Waals surface area contributed by atoms with E-state index in [-0.39, 0.29) is 6.07 Å². The van der Waals surface area contributed by atoms with Gasteiger partial charge in [0.25, 0.3) is 5.69 Å². The lowest BCUT2D eigenvalue weighted by Crippen LogP contribution is -2.11. The molecule has 0 spiro atoms. The highest BCUT2D eigenvalue weighted by Crippen LogP contribution is 2.50. The third-order valence-electron chi connectivity index (χ3n) is 3.61. The zero-order chi connectivity index (χ0) is 23.8. The van der Waals surface area contributed by atoms with Crippen LogP contribution in [0.1, 0.15) is 5.56 Å². The molecule has 0 saturated heterocycles. The molecule has 0 unspecified atom stereocenters. The fourth-order valence-corrected chi connectivity index (χ4v) is 3.21. The minimum absolute atomic E-state index is 0.0806. The minimum atomic E-state index is -5.30. The van der Waals surface area contributed by atoms with Crippen molar-refractivity contribution in [3.8, 4) is 0 Å². The highest BCUT2D eigenvalue weighted by atomic mass is 79.9. The van der Waals surface area contributed by atoms with E-state index >= 15 is 0 Å². The first kappa shape index (κ1) is 23.7. The molecule has 0 atom stereocenters. The number of nitrogens with zero attached hydrogens (tertiary/aromatic N) is 4. The zero-order valence-electron chi connectivity index (χ0n) is 14.2. The molecular weight excluding hydrogens is 527 g/mol. The number of nitrogens with one attached hydrogen (secondary N) is 1. The number of nitro benzene ring substituents is 4. The van der Waals surface area contributed by atoms with Gasteiger partial charge in [-0.1, -0.05) is 11.6 Å². The van der Waals surface area contributed by atoms with E-state index in [0.29, 0.717) is 6.07 Å². The van der Waals surface area contributed by atoms with Gasteiger partial charge in [-0.05, 0) is 15.9 Å². The van der Waals surface area contributed by atoms with Crippen LogP contribution in [0.2, 0.25) is 5.02 Å². The van der Waals surface area contributed by atoms with Crippen LogP contribution in [-0.4, -0.2) is 19.7 Å². The van der Waals surface area contributed by atoms with Gasteiger partial charge >= 0.3 is 23.2 Å². The largest absolute Gasteiger partial charge is 0.418 e. The van der Waals surface area contributed by atoms with Crippen LogP contribution in [-0.2, 0) is 6.18 Å². The lowest BCUT2D eigenvalue weighted by Gasteiger charge is -2.14. The first-order valence-electron chi connectivity index (χ1n) is 7.28. The molecule has 0 radical (unpaired) electrons. The molecule has 1 N–H and O–H groups in total. The number of alkyl halides is 3. The van der Waals surface area contributed by atoms with Crippen molar-refractivity contribution >= 4 is 61.7 Å². The van der Waals surface area contributed by atoms with Crippen LogP contribution in [0.15, 0.2) is 22.7 Å². The molecule has 0 aliphatic rings. The van der Waals surface area contributed by atoms with E-state index in [2.05, 4.69) is 15.9 Å². The van der Waals surface area contributed by atoms with E-state index in [0.717, 1.165) is 6.07 Å². The van der Waals surface area contributed by atoms with E-state index in [1.807, 2.05) is 5.32 Å². The predicted molar refractivity (Wildman–Crippen MR) is 100 cm³/mol. The Labute approximate surface area is 180 Å². The third kappa shape index (κ3) is 4.61. The molecule has 0 heterocycles. The molecule has 13 nitrogen and oxygen atoms in total. The summed E-state index contributed by atoms with van der Waals surface area (Å²) < 4.78 is 39.0. The Morgan fingerprint density at radius 2 is 1.35 bits per heavy atom. The number of non-ortho nitro benzene ring substituents is 1. The zero-order valence-corrected chi connectivity index (χ0v) is 16.5. The average molecular weight is 531 g/mol. The van der Waals surface area contributed by atoms with Crippen LogP contribution in [0.25, 0.3) is 0 Å². The number of rotatable bonds is 6. The number of anilines is 2. The van der Waals surface area contributed by atoms with E-state index in [4.69, 9.17) is 11.6 Å². The minimum Gasteiger partial charge on any atom is -0.338 e. The Kier molecular flexibility index (Phi) is 6.31. The van der Waals surface area contributed by atoms with Gasteiger partial charge in [0.2, 0.25) is 0 Å². The average Bonchev–Trinajstić information content (AvgIpc) is 2.60. The van der Waals surface area contributed by atoms with Gasteiger partial charge in [-0.15, -0.1) is 0 Å². The first-order valence-corrected chi connectivity index (χ1v) is 8.45. The van der Waals surface area contributed by atoms with Crippen molar-refractivity contribution in [1.29, 1.82) is 0 Å². The topological polar surface area (TPSA) is 185 Å². The summed E-state index contributed by atoms with van der Waals surface area (Å²) in [6, 6.07) is 1.10.